The number of hydrogen-bond acceptors (Lipinski definition) is 9. The standard InChI is InChI=1S/C15H19N5O4S/c1-10(21)8-19(9-11(2)22)13-5-3-12(4-6-13)17-18-15-16-7-14(25-15)20(23)24/h3-7,10-11,21-22H,8-9H2,1-2H3. The highest BCUT2D eigenvalue weighted by atomic mass is 32.1. The molecule has 1 aromatic carbocycles. The van der Waals surface area contributed by atoms with Gasteiger partial charge in [-0.25, -0.2) is 4.98 Å². The summed E-state index contributed by atoms with van der Waals surface area (Å²) < 4.78 is 0. The van der Waals surface area contributed by atoms with Crippen LogP contribution < -0.4 is 4.90 Å². The van der Waals surface area contributed by atoms with Crippen molar-refractivity contribution in [3.05, 3.63) is 40.6 Å². The average molecular weight is 365 g/mol. The van der Waals surface area contributed by atoms with Gasteiger partial charge in [0.2, 0.25) is 5.13 Å². The second-order valence-corrected chi connectivity index (χ2v) is 6.55. The Morgan fingerprint density at radius 3 is 2.28 bits per heavy atom. The van der Waals surface area contributed by atoms with Crippen LogP contribution in [0.5, 0.6) is 0 Å². The molecule has 25 heavy (non-hydrogen) atoms. The van der Waals surface area contributed by atoms with Crippen molar-refractivity contribution in [3.8, 4) is 0 Å². The molecule has 0 fully saturated rings. The van der Waals surface area contributed by atoms with E-state index in [1.165, 1.54) is 0 Å². The van der Waals surface area contributed by atoms with E-state index in [1.54, 1.807) is 26.0 Å². The fourth-order valence-corrected chi connectivity index (χ4v) is 2.70. The molecule has 9 nitrogen and oxygen atoms in total. The maximum absolute atomic E-state index is 10.6. The summed E-state index contributed by atoms with van der Waals surface area (Å²) in [7, 11) is 0. The molecule has 0 radical (unpaired) electrons. The Labute approximate surface area is 148 Å². The van der Waals surface area contributed by atoms with Crippen molar-refractivity contribution in [1.82, 2.24) is 4.98 Å². The summed E-state index contributed by atoms with van der Waals surface area (Å²) in [6.45, 7) is 4.17. The summed E-state index contributed by atoms with van der Waals surface area (Å²) in [5.74, 6) is 0. The van der Waals surface area contributed by atoms with Crippen LogP contribution in [0.2, 0.25) is 0 Å². The van der Waals surface area contributed by atoms with E-state index < -0.39 is 17.1 Å². The van der Waals surface area contributed by atoms with Gasteiger partial charge < -0.3 is 15.1 Å². The zero-order chi connectivity index (χ0) is 18.4. The van der Waals surface area contributed by atoms with Gasteiger partial charge in [0.15, 0.2) is 0 Å². The van der Waals surface area contributed by atoms with E-state index >= 15 is 0 Å². The summed E-state index contributed by atoms with van der Waals surface area (Å²) in [5.41, 5.74) is 1.40. The zero-order valence-electron chi connectivity index (χ0n) is 13.8. The van der Waals surface area contributed by atoms with Gasteiger partial charge in [-0.2, -0.15) is 0 Å². The van der Waals surface area contributed by atoms with Crippen LogP contribution in [0.4, 0.5) is 21.5 Å². The topological polar surface area (TPSA) is 124 Å². The molecule has 0 aliphatic carbocycles. The molecule has 0 amide bonds. The van der Waals surface area contributed by atoms with E-state index in [4.69, 9.17) is 0 Å². The summed E-state index contributed by atoms with van der Waals surface area (Å²) in [6.07, 6.45) is 0.0872. The van der Waals surface area contributed by atoms with Gasteiger partial charge in [-0.15, -0.1) is 10.2 Å². The molecule has 2 rings (SSSR count). The smallest absolute Gasteiger partial charge is 0.345 e. The second-order valence-electron chi connectivity index (χ2n) is 5.56. The molecule has 0 saturated heterocycles. The minimum Gasteiger partial charge on any atom is -0.392 e. The lowest BCUT2D eigenvalue weighted by Gasteiger charge is -2.27. The molecule has 0 saturated carbocycles. The Morgan fingerprint density at radius 2 is 1.80 bits per heavy atom. The van der Waals surface area contributed by atoms with Crippen molar-refractivity contribution in [2.75, 3.05) is 18.0 Å². The lowest BCUT2D eigenvalue weighted by Crippen LogP contribution is -2.36. The maximum Gasteiger partial charge on any atom is 0.345 e. The molecule has 1 aromatic heterocycles. The van der Waals surface area contributed by atoms with Crippen LogP contribution in [0.15, 0.2) is 40.7 Å². The normalized spacial score (nSPS) is 13.8. The highest BCUT2D eigenvalue weighted by Crippen LogP contribution is 2.29. The number of nitrogens with zero attached hydrogens (tertiary/aromatic N) is 5. The fourth-order valence-electron chi connectivity index (χ4n) is 2.14. The minimum atomic E-state index is -0.529. The first-order valence-electron chi connectivity index (χ1n) is 7.58. The summed E-state index contributed by atoms with van der Waals surface area (Å²) in [4.78, 5) is 15.8. The van der Waals surface area contributed by atoms with Crippen molar-refractivity contribution in [3.63, 3.8) is 0 Å². The first kappa shape index (κ1) is 18.9. The number of anilines is 1. The molecular formula is C15H19N5O4S. The lowest BCUT2D eigenvalue weighted by molar-refractivity contribution is -0.380. The molecule has 10 heteroatoms. The Hall–Kier alpha value is -2.43. The van der Waals surface area contributed by atoms with E-state index in [0.29, 0.717) is 18.8 Å². The molecule has 2 aromatic rings. The molecule has 2 N–H and O–H groups in total. The van der Waals surface area contributed by atoms with Crippen LogP contribution in [0.3, 0.4) is 0 Å². The number of aliphatic hydroxyl groups is 2. The van der Waals surface area contributed by atoms with E-state index in [0.717, 1.165) is 23.2 Å². The Bertz CT molecular complexity index is 720. The molecule has 2 unspecified atom stereocenters. The maximum atomic E-state index is 10.6. The van der Waals surface area contributed by atoms with E-state index in [9.17, 15) is 20.3 Å². The van der Waals surface area contributed by atoms with Crippen LogP contribution >= 0.6 is 11.3 Å². The number of benzene rings is 1. The van der Waals surface area contributed by atoms with Gasteiger partial charge in [-0.3, -0.25) is 10.1 Å². The second kappa shape index (κ2) is 8.60. The molecule has 0 aliphatic heterocycles. The molecule has 0 spiro atoms. The first-order chi connectivity index (χ1) is 11.8. The van der Waals surface area contributed by atoms with Crippen molar-refractivity contribution < 1.29 is 15.1 Å². The van der Waals surface area contributed by atoms with Gasteiger partial charge in [0.25, 0.3) is 0 Å². The number of nitro groups is 1. The van der Waals surface area contributed by atoms with Crippen molar-refractivity contribution in [1.29, 1.82) is 0 Å². The molecular weight excluding hydrogens is 346 g/mol. The fraction of sp³-hybridized carbons (Fsp3) is 0.400. The van der Waals surface area contributed by atoms with E-state index in [1.807, 2.05) is 17.0 Å². The average Bonchev–Trinajstić information content (AvgIpc) is 3.01. The Balaban J connectivity index is 2.09. The third-order valence-corrected chi connectivity index (χ3v) is 3.93. The predicted molar refractivity (Wildman–Crippen MR) is 95.0 cm³/mol. The van der Waals surface area contributed by atoms with Crippen molar-refractivity contribution >= 4 is 32.8 Å². The number of hydrogen-bond donors (Lipinski definition) is 2. The number of azo groups is 1. The summed E-state index contributed by atoms with van der Waals surface area (Å²) >= 11 is 0.848. The zero-order valence-corrected chi connectivity index (χ0v) is 14.6. The minimum absolute atomic E-state index is 0.0869. The first-order valence-corrected chi connectivity index (χ1v) is 8.40. The van der Waals surface area contributed by atoms with Crippen molar-refractivity contribution in [2.24, 2.45) is 10.2 Å². The SMILES string of the molecule is CC(O)CN(CC(C)O)c1ccc(N=Nc2ncc([N+](=O)[O-])s2)cc1. The molecule has 134 valence electrons. The number of aliphatic hydroxyl groups excluding tert-OH is 2. The van der Waals surface area contributed by atoms with E-state index in [2.05, 4.69) is 15.2 Å². The van der Waals surface area contributed by atoms with Gasteiger partial charge >= 0.3 is 5.00 Å². The largest absolute Gasteiger partial charge is 0.392 e. The molecule has 0 aliphatic rings. The monoisotopic (exact) mass is 365 g/mol. The van der Waals surface area contributed by atoms with Crippen LogP contribution in [0.25, 0.3) is 0 Å². The van der Waals surface area contributed by atoms with Gasteiger partial charge in [0.05, 0.1) is 22.8 Å². The van der Waals surface area contributed by atoms with Crippen LogP contribution in [-0.2, 0) is 0 Å². The summed E-state index contributed by atoms with van der Waals surface area (Å²) in [5, 5.41) is 37.8. The van der Waals surface area contributed by atoms with Gasteiger partial charge in [-0.1, -0.05) is 0 Å². The van der Waals surface area contributed by atoms with E-state index in [-0.39, 0.29) is 10.1 Å². The lowest BCUT2D eigenvalue weighted by atomic mass is 10.2. The highest BCUT2D eigenvalue weighted by molar-refractivity contribution is 7.18. The Morgan fingerprint density at radius 1 is 1.20 bits per heavy atom. The van der Waals surface area contributed by atoms with Gasteiger partial charge in [0.1, 0.15) is 6.20 Å². The third kappa shape index (κ3) is 5.85. The van der Waals surface area contributed by atoms with Gasteiger partial charge in [-0.05, 0) is 49.4 Å². The highest BCUT2D eigenvalue weighted by Gasteiger charge is 2.12. The van der Waals surface area contributed by atoms with Crippen molar-refractivity contribution in [2.45, 2.75) is 26.1 Å². The van der Waals surface area contributed by atoms with Crippen LogP contribution in [0.1, 0.15) is 13.8 Å². The quantitative estimate of drug-likeness (QED) is 0.421. The molecule has 1 heterocycles. The van der Waals surface area contributed by atoms with Crippen LogP contribution in [-0.4, -0.2) is 45.4 Å². The van der Waals surface area contributed by atoms with Crippen LogP contribution in [0, 0.1) is 10.1 Å². The molecule has 0 bridgehead atoms. The Kier molecular flexibility index (Phi) is 6.51. The summed E-state index contributed by atoms with van der Waals surface area (Å²) in [6, 6.07) is 7.09. The number of thiazole rings is 1. The third-order valence-electron chi connectivity index (χ3n) is 3.10. The number of rotatable bonds is 8. The number of aromatic nitrogens is 1. The van der Waals surface area contributed by atoms with Gasteiger partial charge in [0, 0.05) is 18.8 Å². The predicted octanol–water partition coefficient (Wildman–Crippen LogP) is 3.03. The molecule has 2 atom stereocenters.